The first-order chi connectivity index (χ1) is 10.7. The molecule has 1 aliphatic carbocycles. The molecule has 122 valence electrons. The highest BCUT2D eigenvalue weighted by Gasteiger charge is 2.12. The first kappa shape index (κ1) is 17.0. The van der Waals surface area contributed by atoms with E-state index in [1.807, 2.05) is 0 Å². The molecule has 1 aromatic rings. The second-order valence-electron chi connectivity index (χ2n) is 6.46. The van der Waals surface area contributed by atoms with Crippen molar-refractivity contribution in [1.29, 1.82) is 0 Å². The number of hydrogen-bond donors (Lipinski definition) is 2. The van der Waals surface area contributed by atoms with Crippen LogP contribution >= 0.6 is 0 Å². The maximum absolute atomic E-state index is 12.1. The molecule has 3 nitrogen and oxygen atoms in total. The summed E-state index contributed by atoms with van der Waals surface area (Å²) in [4.78, 5) is 12.1. The fourth-order valence-corrected chi connectivity index (χ4v) is 3.34. The van der Waals surface area contributed by atoms with Crippen molar-refractivity contribution in [2.24, 2.45) is 5.92 Å². The van der Waals surface area contributed by atoms with Crippen LogP contribution in [0, 0.1) is 5.92 Å². The number of benzene rings is 1. The molecule has 0 aromatic heterocycles. The molecule has 22 heavy (non-hydrogen) atoms. The summed E-state index contributed by atoms with van der Waals surface area (Å²) < 4.78 is 0. The Morgan fingerprint density at radius 3 is 2.73 bits per heavy atom. The van der Waals surface area contributed by atoms with Crippen molar-refractivity contribution in [1.82, 2.24) is 5.32 Å². The zero-order valence-corrected chi connectivity index (χ0v) is 13.7. The van der Waals surface area contributed by atoms with Gasteiger partial charge in [0, 0.05) is 13.2 Å². The normalized spacial score (nSPS) is 15.2. The van der Waals surface area contributed by atoms with Gasteiger partial charge in [-0.15, -0.1) is 0 Å². The summed E-state index contributed by atoms with van der Waals surface area (Å²) in [5.41, 5.74) is 4.01. The van der Waals surface area contributed by atoms with E-state index in [-0.39, 0.29) is 12.5 Å². The molecule has 0 radical (unpaired) electrons. The number of nitrogens with one attached hydrogen (secondary N) is 1. The summed E-state index contributed by atoms with van der Waals surface area (Å²) in [6.45, 7) is 3.02. The topological polar surface area (TPSA) is 49.3 Å². The summed E-state index contributed by atoms with van der Waals surface area (Å²) in [6.07, 6.45) is 8.27. The Morgan fingerprint density at radius 1 is 1.23 bits per heavy atom. The Labute approximate surface area is 134 Å². The Bertz CT molecular complexity index is 478. The van der Waals surface area contributed by atoms with E-state index in [1.165, 1.54) is 30.4 Å². The molecule has 0 fully saturated rings. The molecule has 1 aliphatic rings. The molecule has 0 saturated heterocycles. The number of aryl methyl sites for hydroxylation is 2. The zero-order valence-electron chi connectivity index (χ0n) is 13.7. The third-order valence-electron chi connectivity index (χ3n) is 4.60. The zero-order chi connectivity index (χ0) is 15.8. The maximum Gasteiger partial charge on any atom is 0.224 e. The van der Waals surface area contributed by atoms with Gasteiger partial charge in [0.05, 0.1) is 6.42 Å². The summed E-state index contributed by atoms with van der Waals surface area (Å²) in [6, 6.07) is 6.51. The summed E-state index contributed by atoms with van der Waals surface area (Å²) in [7, 11) is 0. The van der Waals surface area contributed by atoms with Crippen molar-refractivity contribution in [2.45, 2.75) is 58.3 Å². The van der Waals surface area contributed by atoms with Crippen LogP contribution in [0.2, 0.25) is 0 Å². The Morgan fingerprint density at radius 2 is 2.00 bits per heavy atom. The minimum Gasteiger partial charge on any atom is -0.396 e. The highest BCUT2D eigenvalue weighted by Crippen LogP contribution is 2.22. The molecule has 3 heteroatoms. The third kappa shape index (κ3) is 5.13. The molecule has 1 aromatic carbocycles. The molecule has 1 unspecified atom stereocenters. The molecule has 2 N–H and O–H groups in total. The van der Waals surface area contributed by atoms with Crippen LogP contribution in [0.4, 0.5) is 0 Å². The lowest BCUT2D eigenvalue weighted by atomic mass is 9.90. The molecular weight excluding hydrogens is 274 g/mol. The summed E-state index contributed by atoms with van der Waals surface area (Å²) in [5.74, 6) is 0.484. The Kier molecular flexibility index (Phi) is 6.91. The standard InChI is InChI=1S/C19H29NO2/c1-2-5-15(10-11-21)14-20-19(22)13-16-8-9-17-6-3-4-7-18(17)12-16/h8-9,12,15,21H,2-7,10-11,13-14H2,1H3,(H,20,22). The van der Waals surface area contributed by atoms with Gasteiger partial charge in [-0.05, 0) is 61.1 Å². The number of hydrogen-bond acceptors (Lipinski definition) is 2. The molecule has 1 amide bonds. The van der Waals surface area contributed by atoms with E-state index < -0.39 is 0 Å². The van der Waals surface area contributed by atoms with Crippen molar-refractivity contribution in [2.75, 3.05) is 13.2 Å². The number of rotatable bonds is 8. The fourth-order valence-electron chi connectivity index (χ4n) is 3.34. The monoisotopic (exact) mass is 303 g/mol. The van der Waals surface area contributed by atoms with Gasteiger partial charge in [-0.25, -0.2) is 0 Å². The van der Waals surface area contributed by atoms with Crippen LogP contribution in [0.15, 0.2) is 18.2 Å². The van der Waals surface area contributed by atoms with Crippen LogP contribution in [0.25, 0.3) is 0 Å². The lowest BCUT2D eigenvalue weighted by Crippen LogP contribution is -2.31. The van der Waals surface area contributed by atoms with Gasteiger partial charge in [-0.2, -0.15) is 0 Å². The van der Waals surface area contributed by atoms with Gasteiger partial charge in [-0.1, -0.05) is 31.5 Å². The van der Waals surface area contributed by atoms with E-state index in [0.29, 0.717) is 18.9 Å². The second-order valence-corrected chi connectivity index (χ2v) is 6.46. The Balaban J connectivity index is 1.83. The van der Waals surface area contributed by atoms with Gasteiger partial charge < -0.3 is 10.4 Å². The van der Waals surface area contributed by atoms with Crippen LogP contribution in [0.5, 0.6) is 0 Å². The minimum absolute atomic E-state index is 0.0924. The number of fused-ring (bicyclic) bond motifs is 1. The number of aliphatic hydroxyl groups excluding tert-OH is 1. The predicted octanol–water partition coefficient (Wildman–Crippen LogP) is 3.02. The molecule has 2 rings (SSSR count). The average molecular weight is 303 g/mol. The first-order valence-electron chi connectivity index (χ1n) is 8.71. The predicted molar refractivity (Wildman–Crippen MR) is 89.9 cm³/mol. The smallest absolute Gasteiger partial charge is 0.224 e. The quantitative estimate of drug-likeness (QED) is 0.775. The van der Waals surface area contributed by atoms with Gasteiger partial charge in [0.25, 0.3) is 0 Å². The fraction of sp³-hybridized carbons (Fsp3) is 0.632. The maximum atomic E-state index is 12.1. The molecule has 0 heterocycles. The lowest BCUT2D eigenvalue weighted by Gasteiger charge is -2.17. The van der Waals surface area contributed by atoms with Gasteiger partial charge in [-0.3, -0.25) is 4.79 Å². The van der Waals surface area contributed by atoms with E-state index in [1.54, 1.807) is 0 Å². The number of carbonyl (C=O) groups excluding carboxylic acids is 1. The van der Waals surface area contributed by atoms with Crippen LogP contribution in [0.1, 0.15) is 55.7 Å². The van der Waals surface area contributed by atoms with Gasteiger partial charge in [0.1, 0.15) is 0 Å². The van der Waals surface area contributed by atoms with Gasteiger partial charge in [0.2, 0.25) is 5.91 Å². The van der Waals surface area contributed by atoms with Crippen molar-refractivity contribution in [3.8, 4) is 0 Å². The third-order valence-corrected chi connectivity index (χ3v) is 4.60. The van der Waals surface area contributed by atoms with Crippen LogP contribution in [-0.4, -0.2) is 24.2 Å². The van der Waals surface area contributed by atoms with Gasteiger partial charge in [0.15, 0.2) is 0 Å². The van der Waals surface area contributed by atoms with E-state index in [4.69, 9.17) is 5.11 Å². The molecule has 1 atom stereocenters. The van der Waals surface area contributed by atoms with Crippen LogP contribution in [0.3, 0.4) is 0 Å². The van der Waals surface area contributed by atoms with E-state index in [0.717, 1.165) is 31.2 Å². The van der Waals surface area contributed by atoms with Crippen LogP contribution < -0.4 is 5.32 Å². The molecular formula is C19H29NO2. The molecule has 0 aliphatic heterocycles. The lowest BCUT2D eigenvalue weighted by molar-refractivity contribution is -0.120. The first-order valence-corrected chi connectivity index (χ1v) is 8.71. The average Bonchev–Trinajstić information content (AvgIpc) is 2.53. The van der Waals surface area contributed by atoms with E-state index in [2.05, 4.69) is 30.4 Å². The largest absolute Gasteiger partial charge is 0.396 e. The van der Waals surface area contributed by atoms with Crippen molar-refractivity contribution >= 4 is 5.91 Å². The van der Waals surface area contributed by atoms with Crippen molar-refractivity contribution < 1.29 is 9.90 Å². The second kappa shape index (κ2) is 8.94. The summed E-state index contributed by atoms with van der Waals surface area (Å²) in [5, 5.41) is 12.1. The van der Waals surface area contributed by atoms with Crippen LogP contribution in [-0.2, 0) is 24.1 Å². The summed E-state index contributed by atoms with van der Waals surface area (Å²) >= 11 is 0. The molecule has 0 saturated carbocycles. The SMILES string of the molecule is CCCC(CCO)CNC(=O)Cc1ccc2c(c1)CCCC2. The van der Waals surface area contributed by atoms with E-state index >= 15 is 0 Å². The van der Waals surface area contributed by atoms with Gasteiger partial charge >= 0.3 is 0 Å². The van der Waals surface area contributed by atoms with E-state index in [9.17, 15) is 4.79 Å². The number of aliphatic hydroxyl groups is 1. The number of carbonyl (C=O) groups is 1. The van der Waals surface area contributed by atoms with Crippen molar-refractivity contribution in [3.63, 3.8) is 0 Å². The number of amides is 1. The molecule has 0 spiro atoms. The highest BCUT2D eigenvalue weighted by atomic mass is 16.3. The minimum atomic E-state index is 0.0924. The molecule has 0 bridgehead atoms. The highest BCUT2D eigenvalue weighted by molar-refractivity contribution is 5.78. The Hall–Kier alpha value is -1.35. The van der Waals surface area contributed by atoms with Crippen molar-refractivity contribution in [3.05, 3.63) is 34.9 Å².